The Balaban J connectivity index is 1.24. The molecule has 0 N–H and O–H groups in total. The number of nitrogens with zero attached hydrogens (tertiary/aromatic N) is 5. The maximum atomic E-state index is 12.7. The fourth-order valence-electron chi connectivity index (χ4n) is 4.40. The fourth-order valence-corrected chi connectivity index (χ4v) is 5.06. The van der Waals surface area contributed by atoms with Crippen LogP contribution >= 0.6 is 11.3 Å². The molecule has 7 nitrogen and oxygen atoms in total. The fraction of sp³-hybridized carbons (Fsp3) is 0.526. The lowest BCUT2D eigenvalue weighted by molar-refractivity contribution is -0.149. The topological polar surface area (TPSA) is 61.8 Å². The van der Waals surface area contributed by atoms with Gasteiger partial charge in [0.2, 0.25) is 5.91 Å². The summed E-state index contributed by atoms with van der Waals surface area (Å²) >= 11 is 1.63. The van der Waals surface area contributed by atoms with Gasteiger partial charge in [-0.05, 0) is 25.0 Å². The van der Waals surface area contributed by atoms with Crippen molar-refractivity contribution in [2.45, 2.75) is 31.2 Å². The predicted molar refractivity (Wildman–Crippen MR) is 102 cm³/mol. The van der Waals surface area contributed by atoms with Gasteiger partial charge < -0.3 is 14.5 Å². The second kappa shape index (κ2) is 6.85. The quantitative estimate of drug-likeness (QED) is 0.799. The Kier molecular flexibility index (Phi) is 4.34. The molecular weight excluding hydrogens is 362 g/mol. The van der Waals surface area contributed by atoms with E-state index in [2.05, 4.69) is 31.9 Å². The summed E-state index contributed by atoms with van der Waals surface area (Å²) in [6.07, 6.45) is 7.25. The Morgan fingerprint density at radius 2 is 2.04 bits per heavy atom. The lowest BCUT2D eigenvalue weighted by Crippen LogP contribution is -2.53. The summed E-state index contributed by atoms with van der Waals surface area (Å²) in [7, 11) is 0. The van der Waals surface area contributed by atoms with Crippen LogP contribution < -0.4 is 4.90 Å². The number of pyridine rings is 1. The van der Waals surface area contributed by atoms with E-state index < -0.39 is 0 Å². The molecule has 2 aromatic heterocycles. The molecule has 2 aromatic rings. The molecule has 1 atom stereocenters. The van der Waals surface area contributed by atoms with Crippen LogP contribution in [0.4, 0.5) is 5.69 Å². The first-order chi connectivity index (χ1) is 13.2. The molecule has 1 unspecified atom stereocenters. The average molecular weight is 385 g/mol. The van der Waals surface area contributed by atoms with Crippen molar-refractivity contribution in [3.63, 3.8) is 0 Å². The van der Waals surface area contributed by atoms with Crippen LogP contribution in [0.3, 0.4) is 0 Å². The summed E-state index contributed by atoms with van der Waals surface area (Å²) < 4.78 is 6.51. The van der Waals surface area contributed by atoms with Gasteiger partial charge in [-0.1, -0.05) is 0 Å². The summed E-state index contributed by atoms with van der Waals surface area (Å²) in [6, 6.07) is 4.10. The van der Waals surface area contributed by atoms with E-state index in [1.807, 2.05) is 28.9 Å². The number of fused-ring (bicyclic) bond motifs is 1. The smallest absolute Gasteiger partial charge is 0.238 e. The predicted octanol–water partition coefficient (Wildman–Crippen LogP) is 1.58. The van der Waals surface area contributed by atoms with Crippen molar-refractivity contribution in [2.75, 3.05) is 37.6 Å². The summed E-state index contributed by atoms with van der Waals surface area (Å²) in [6.45, 7) is 4.56. The van der Waals surface area contributed by atoms with Crippen molar-refractivity contribution in [3.8, 4) is 0 Å². The van der Waals surface area contributed by atoms with E-state index in [-0.39, 0.29) is 17.7 Å². The first-order valence-corrected chi connectivity index (χ1v) is 10.3. The molecule has 1 amide bonds. The van der Waals surface area contributed by atoms with Crippen LogP contribution in [0.1, 0.15) is 17.8 Å². The van der Waals surface area contributed by atoms with Crippen LogP contribution in [0, 0.1) is 0 Å². The molecule has 3 fully saturated rings. The van der Waals surface area contributed by atoms with Gasteiger partial charge >= 0.3 is 0 Å². The highest BCUT2D eigenvalue weighted by Gasteiger charge is 2.50. The Labute approximate surface area is 162 Å². The number of thiazole rings is 1. The highest BCUT2D eigenvalue weighted by atomic mass is 32.1. The summed E-state index contributed by atoms with van der Waals surface area (Å²) in [5, 5.41) is 3.03. The van der Waals surface area contributed by atoms with E-state index in [9.17, 15) is 4.79 Å². The van der Waals surface area contributed by atoms with Crippen LogP contribution in [0.25, 0.3) is 0 Å². The molecule has 0 saturated carbocycles. The first kappa shape index (κ1) is 17.1. The highest BCUT2D eigenvalue weighted by molar-refractivity contribution is 7.09. The van der Waals surface area contributed by atoms with Crippen LogP contribution in [-0.2, 0) is 16.1 Å². The minimum absolute atomic E-state index is 0.126. The van der Waals surface area contributed by atoms with E-state index >= 15 is 0 Å². The number of piperidine rings is 1. The van der Waals surface area contributed by atoms with E-state index in [0.29, 0.717) is 6.54 Å². The van der Waals surface area contributed by atoms with Gasteiger partial charge in [0, 0.05) is 49.3 Å². The van der Waals surface area contributed by atoms with Gasteiger partial charge in [-0.25, -0.2) is 4.98 Å². The maximum absolute atomic E-state index is 12.7. The van der Waals surface area contributed by atoms with Crippen molar-refractivity contribution >= 4 is 22.9 Å². The van der Waals surface area contributed by atoms with Gasteiger partial charge in [-0.15, -0.1) is 11.3 Å². The minimum atomic E-state index is -0.193. The standard InChI is InChI=1S/C19H23N5O2S/c25-17-12-22(11-16-21-7-10-27-16)13-18-24(17)14-19(26-18)3-8-23(9-4-19)15-1-5-20-6-2-15/h1-2,5-7,10,18H,3-4,8-9,11-14H2. The van der Waals surface area contributed by atoms with Gasteiger partial charge in [0.15, 0.2) is 0 Å². The Morgan fingerprint density at radius 1 is 1.22 bits per heavy atom. The Hall–Kier alpha value is -2.03. The molecule has 0 aliphatic carbocycles. The molecule has 142 valence electrons. The van der Waals surface area contributed by atoms with Crippen molar-refractivity contribution in [3.05, 3.63) is 41.1 Å². The third-order valence-corrected chi connectivity index (χ3v) is 6.60. The van der Waals surface area contributed by atoms with E-state index in [0.717, 1.165) is 50.6 Å². The van der Waals surface area contributed by atoms with Crippen LogP contribution in [-0.4, -0.2) is 70.2 Å². The monoisotopic (exact) mass is 385 g/mol. The third-order valence-electron chi connectivity index (χ3n) is 5.83. The zero-order valence-electron chi connectivity index (χ0n) is 15.2. The molecule has 0 bridgehead atoms. The summed E-state index contributed by atoms with van der Waals surface area (Å²) in [4.78, 5) is 27.6. The molecule has 5 rings (SSSR count). The first-order valence-electron chi connectivity index (χ1n) is 9.44. The number of anilines is 1. The third kappa shape index (κ3) is 3.33. The van der Waals surface area contributed by atoms with Gasteiger partial charge in [-0.3, -0.25) is 14.7 Å². The Morgan fingerprint density at radius 3 is 2.78 bits per heavy atom. The molecule has 27 heavy (non-hydrogen) atoms. The van der Waals surface area contributed by atoms with E-state index in [1.54, 1.807) is 11.3 Å². The number of hydrogen-bond acceptors (Lipinski definition) is 7. The lowest BCUT2D eigenvalue weighted by atomic mass is 9.91. The number of aromatic nitrogens is 2. The van der Waals surface area contributed by atoms with Gasteiger partial charge in [-0.2, -0.15) is 0 Å². The van der Waals surface area contributed by atoms with Crippen molar-refractivity contribution < 1.29 is 9.53 Å². The Bertz CT molecular complexity index is 792. The zero-order valence-corrected chi connectivity index (χ0v) is 16.0. The average Bonchev–Trinajstić information content (AvgIpc) is 3.31. The second-order valence-electron chi connectivity index (χ2n) is 7.57. The zero-order chi connectivity index (χ0) is 18.3. The van der Waals surface area contributed by atoms with Crippen LogP contribution in [0.15, 0.2) is 36.1 Å². The van der Waals surface area contributed by atoms with Crippen molar-refractivity contribution in [2.24, 2.45) is 0 Å². The van der Waals surface area contributed by atoms with E-state index in [4.69, 9.17) is 4.74 Å². The molecular formula is C19H23N5O2S. The lowest BCUT2D eigenvalue weighted by Gasteiger charge is -2.39. The van der Waals surface area contributed by atoms with Crippen LogP contribution in [0.2, 0.25) is 0 Å². The number of hydrogen-bond donors (Lipinski definition) is 0. The molecule has 8 heteroatoms. The molecule has 0 aromatic carbocycles. The highest BCUT2D eigenvalue weighted by Crippen LogP contribution is 2.38. The van der Waals surface area contributed by atoms with Gasteiger partial charge in [0.1, 0.15) is 11.2 Å². The summed E-state index contributed by atoms with van der Waals surface area (Å²) in [5.74, 6) is 0.177. The van der Waals surface area contributed by atoms with Gasteiger partial charge in [0.05, 0.1) is 25.2 Å². The van der Waals surface area contributed by atoms with Crippen molar-refractivity contribution in [1.29, 1.82) is 0 Å². The number of carbonyl (C=O) groups is 1. The number of piperazine rings is 1. The molecule has 5 heterocycles. The number of rotatable bonds is 3. The molecule has 1 spiro atoms. The maximum Gasteiger partial charge on any atom is 0.238 e. The van der Waals surface area contributed by atoms with Gasteiger partial charge in [0.25, 0.3) is 0 Å². The molecule has 0 radical (unpaired) electrons. The van der Waals surface area contributed by atoms with E-state index in [1.165, 1.54) is 5.69 Å². The molecule has 3 aliphatic rings. The second-order valence-corrected chi connectivity index (χ2v) is 8.54. The molecule has 3 aliphatic heterocycles. The SMILES string of the molecule is O=C1CN(Cc2nccs2)CC2OC3(CCN(c4ccncc4)CC3)CN12. The number of ether oxygens (including phenoxy) is 1. The van der Waals surface area contributed by atoms with Crippen molar-refractivity contribution in [1.82, 2.24) is 19.8 Å². The molecule has 3 saturated heterocycles. The van der Waals surface area contributed by atoms with Crippen LogP contribution in [0.5, 0.6) is 0 Å². The summed E-state index contributed by atoms with van der Waals surface area (Å²) in [5.41, 5.74) is 1.02. The normalized spacial score (nSPS) is 25.2. The number of carbonyl (C=O) groups excluding carboxylic acids is 1. The number of amides is 1. The minimum Gasteiger partial charge on any atom is -0.371 e. The largest absolute Gasteiger partial charge is 0.371 e.